The lowest BCUT2D eigenvalue weighted by molar-refractivity contribution is -0.213. The van der Waals surface area contributed by atoms with Gasteiger partial charge in [0.05, 0.1) is 0 Å². The number of hydrogen-bond acceptors (Lipinski definition) is 4. The molecule has 0 radical (unpaired) electrons. The van der Waals surface area contributed by atoms with Crippen molar-refractivity contribution in [3.63, 3.8) is 0 Å². The third-order valence-electron chi connectivity index (χ3n) is 3.76. The lowest BCUT2D eigenvalue weighted by Crippen LogP contribution is -2.58. The molecule has 1 aromatic carbocycles. The molecule has 1 aliphatic heterocycles. The molecule has 1 aromatic heterocycles. The first kappa shape index (κ1) is 16.8. The smallest absolute Gasteiger partial charge is 0.323 e. The first-order chi connectivity index (χ1) is 11.3. The van der Waals surface area contributed by atoms with E-state index < -0.39 is 41.0 Å². The molecule has 1 aliphatic rings. The summed E-state index contributed by atoms with van der Waals surface area (Å²) in [7, 11) is 0. The Morgan fingerprint density at radius 3 is 2.54 bits per heavy atom. The predicted molar refractivity (Wildman–Crippen MR) is 76.5 cm³/mol. The number of pyridine rings is 1. The normalized spacial score (nSPS) is 18.0. The highest BCUT2D eigenvalue weighted by atomic mass is 19.3. The van der Waals surface area contributed by atoms with E-state index >= 15 is 8.78 Å². The molecule has 1 fully saturated rings. The van der Waals surface area contributed by atoms with Gasteiger partial charge in [-0.1, -0.05) is 18.8 Å². The third-order valence-corrected chi connectivity index (χ3v) is 3.76. The van der Waals surface area contributed by atoms with Crippen molar-refractivity contribution >= 4 is 0 Å². The van der Waals surface area contributed by atoms with Gasteiger partial charge < -0.3 is 16.1 Å². The lowest BCUT2D eigenvalue weighted by Gasteiger charge is -2.51. The van der Waals surface area contributed by atoms with Crippen LogP contribution in [-0.2, 0) is 11.5 Å². The Hall–Kier alpha value is -2.07. The highest BCUT2D eigenvalue weighted by molar-refractivity contribution is 5.31. The zero-order valence-corrected chi connectivity index (χ0v) is 12.3. The van der Waals surface area contributed by atoms with Crippen LogP contribution in [0.5, 0.6) is 0 Å². The number of nitrogens with one attached hydrogen (secondary N) is 1. The van der Waals surface area contributed by atoms with E-state index in [0.29, 0.717) is 6.07 Å². The number of hydrogen-bond donors (Lipinski definition) is 2. The molecule has 0 spiro atoms. The van der Waals surface area contributed by atoms with Crippen molar-refractivity contribution in [2.45, 2.75) is 11.5 Å². The van der Waals surface area contributed by atoms with E-state index in [0.717, 1.165) is 24.4 Å². The van der Waals surface area contributed by atoms with Crippen LogP contribution in [-0.4, -0.2) is 28.3 Å². The lowest BCUT2D eigenvalue weighted by atomic mass is 9.84. The van der Waals surface area contributed by atoms with Crippen molar-refractivity contribution in [1.29, 1.82) is 0 Å². The van der Waals surface area contributed by atoms with Crippen LogP contribution in [0.1, 0.15) is 11.3 Å². The number of nitrogens with zero attached hydrogens (tertiary/aromatic N) is 3. The minimum Gasteiger partial charge on any atom is -0.569 e. The fraction of sp³-hybridized carbons (Fsp3) is 0.267. The molecule has 2 heterocycles. The Morgan fingerprint density at radius 2 is 2.00 bits per heavy atom. The molecule has 0 bridgehead atoms. The van der Waals surface area contributed by atoms with Crippen LogP contribution in [0.2, 0.25) is 0 Å². The molecule has 1 unspecified atom stereocenters. The summed E-state index contributed by atoms with van der Waals surface area (Å²) in [6, 6.07) is 5.86. The van der Waals surface area contributed by atoms with Crippen LogP contribution < -0.4 is 5.53 Å². The fourth-order valence-electron chi connectivity index (χ4n) is 2.47. The molecule has 9 heteroatoms. The van der Waals surface area contributed by atoms with Gasteiger partial charge >= 0.3 is 5.92 Å². The molecule has 24 heavy (non-hydrogen) atoms. The van der Waals surface area contributed by atoms with Crippen molar-refractivity contribution in [3.05, 3.63) is 70.9 Å². The minimum atomic E-state index is -3.94. The second-order valence-electron chi connectivity index (χ2n) is 5.37. The van der Waals surface area contributed by atoms with Crippen LogP contribution in [0, 0.1) is 11.6 Å². The van der Waals surface area contributed by atoms with Gasteiger partial charge in [-0.25, -0.2) is 8.78 Å². The molecule has 1 atom stereocenters. The molecule has 5 nitrogen and oxygen atoms in total. The Kier molecular flexibility index (Phi) is 4.26. The van der Waals surface area contributed by atoms with Crippen LogP contribution in [0.3, 0.4) is 0 Å². The summed E-state index contributed by atoms with van der Waals surface area (Å²) in [6.45, 7) is -0.633. The highest BCUT2D eigenvalue weighted by Gasteiger charge is 2.57. The third kappa shape index (κ3) is 2.75. The zero-order valence-electron chi connectivity index (χ0n) is 12.3. The maximum absolute atomic E-state index is 15.0. The highest BCUT2D eigenvalue weighted by Crippen LogP contribution is 2.46. The molecular formula is C15H13F4N4O-. The number of hydrazine groups is 1. The number of benzene rings is 1. The van der Waals surface area contributed by atoms with Gasteiger partial charge in [-0.05, 0) is 18.2 Å². The van der Waals surface area contributed by atoms with Gasteiger partial charge in [0.1, 0.15) is 17.3 Å². The van der Waals surface area contributed by atoms with Crippen molar-refractivity contribution < 1.29 is 22.7 Å². The number of alkyl halides is 2. The predicted octanol–water partition coefficient (Wildman–Crippen LogP) is 2.41. The van der Waals surface area contributed by atoms with Crippen LogP contribution >= 0.6 is 0 Å². The van der Waals surface area contributed by atoms with Gasteiger partial charge in [-0.15, -0.1) is 0 Å². The van der Waals surface area contributed by atoms with Crippen molar-refractivity contribution in [3.8, 4) is 0 Å². The standard InChI is InChI=1S/C15H13F4N4O/c16-10-4-5-11(12(17)7-10)14(24,8-23-9-21-22-23)15(18,19)13-3-1-2-6-20-13/h1-7,22,24H,8-9H2/q-1. The van der Waals surface area contributed by atoms with E-state index in [1.807, 2.05) is 0 Å². The maximum atomic E-state index is 15.0. The SMILES string of the molecule is OC(CN1C[N-]N1)(c1ccc(F)cc1F)C(F)(F)c1ccccn1. The first-order valence-electron chi connectivity index (χ1n) is 6.99. The van der Waals surface area contributed by atoms with E-state index in [-0.39, 0.29) is 6.67 Å². The number of β-amino-alcohol motifs (C(OH)–C–C–N with tert-alkyl or cyclic N) is 1. The molecular weight excluding hydrogens is 328 g/mol. The van der Waals surface area contributed by atoms with Gasteiger partial charge in [-0.3, -0.25) is 9.99 Å². The average Bonchev–Trinajstić information content (AvgIpc) is 2.51. The molecule has 128 valence electrons. The molecule has 0 saturated carbocycles. The number of halogens is 4. The number of aliphatic hydroxyl groups is 1. The molecule has 2 aromatic rings. The van der Waals surface area contributed by atoms with E-state index in [1.165, 1.54) is 17.1 Å². The van der Waals surface area contributed by atoms with Gasteiger partial charge in [0.25, 0.3) is 0 Å². The van der Waals surface area contributed by atoms with Gasteiger partial charge in [0.15, 0.2) is 5.60 Å². The number of aromatic nitrogens is 1. The Bertz CT molecular complexity index is 727. The van der Waals surface area contributed by atoms with E-state index in [1.54, 1.807) is 0 Å². The minimum absolute atomic E-state index is 0.0451. The summed E-state index contributed by atoms with van der Waals surface area (Å²) in [6.07, 6.45) is 1.14. The second-order valence-corrected chi connectivity index (χ2v) is 5.37. The van der Waals surface area contributed by atoms with Crippen molar-refractivity contribution in [2.24, 2.45) is 0 Å². The second kappa shape index (κ2) is 6.10. The largest absolute Gasteiger partial charge is 0.569 e. The average molecular weight is 341 g/mol. The maximum Gasteiger partial charge on any atom is 0.323 e. The molecule has 0 amide bonds. The fourth-order valence-corrected chi connectivity index (χ4v) is 2.47. The van der Waals surface area contributed by atoms with Gasteiger partial charge in [0.2, 0.25) is 0 Å². The van der Waals surface area contributed by atoms with Gasteiger partial charge in [-0.2, -0.15) is 8.78 Å². The first-order valence-corrected chi connectivity index (χ1v) is 6.99. The van der Waals surface area contributed by atoms with E-state index in [9.17, 15) is 13.9 Å². The number of rotatable bonds is 5. The van der Waals surface area contributed by atoms with Gasteiger partial charge in [0, 0.05) is 24.4 Å². The van der Waals surface area contributed by atoms with Crippen LogP contribution in [0.4, 0.5) is 17.6 Å². The molecule has 2 N–H and O–H groups in total. The van der Waals surface area contributed by atoms with Crippen molar-refractivity contribution in [2.75, 3.05) is 13.2 Å². The van der Waals surface area contributed by atoms with E-state index in [2.05, 4.69) is 15.9 Å². The van der Waals surface area contributed by atoms with Crippen LogP contribution in [0.15, 0.2) is 42.6 Å². The summed E-state index contributed by atoms with van der Waals surface area (Å²) in [5.41, 5.74) is 1.55. The summed E-state index contributed by atoms with van der Waals surface area (Å²) in [5, 5.41) is 12.0. The Labute approximate surface area is 134 Å². The summed E-state index contributed by atoms with van der Waals surface area (Å²) in [5.74, 6) is -6.15. The van der Waals surface area contributed by atoms with E-state index in [4.69, 9.17) is 0 Å². The monoisotopic (exact) mass is 341 g/mol. The zero-order chi connectivity index (χ0) is 17.4. The Balaban J connectivity index is 2.11. The molecule has 3 rings (SSSR count). The van der Waals surface area contributed by atoms with Crippen LogP contribution in [0.25, 0.3) is 5.43 Å². The molecule has 1 saturated heterocycles. The summed E-state index contributed by atoms with van der Waals surface area (Å²) < 4.78 is 57.4. The topological polar surface area (TPSA) is 62.5 Å². The summed E-state index contributed by atoms with van der Waals surface area (Å²) >= 11 is 0. The van der Waals surface area contributed by atoms with Crippen molar-refractivity contribution in [1.82, 2.24) is 15.5 Å². The quantitative estimate of drug-likeness (QED) is 0.820. The Morgan fingerprint density at radius 1 is 1.25 bits per heavy atom. The summed E-state index contributed by atoms with van der Waals surface area (Å²) in [4.78, 5) is 3.57. The molecule has 0 aliphatic carbocycles.